The number of hydrogen-bond donors (Lipinski definition) is 1. The van der Waals surface area contributed by atoms with E-state index in [1.807, 2.05) is 0 Å². The first kappa shape index (κ1) is 17.7. The van der Waals surface area contributed by atoms with Gasteiger partial charge in [-0.1, -0.05) is 12.1 Å². The van der Waals surface area contributed by atoms with Crippen LogP contribution in [0.5, 0.6) is 0 Å². The third kappa shape index (κ3) is 3.47. The number of hydrogen-bond acceptors (Lipinski definition) is 7. The molecule has 1 N–H and O–H groups in total. The first-order chi connectivity index (χ1) is 12.5. The molecule has 2 heterocycles. The number of carbonyl (C=O) groups excluding carboxylic acids is 4. The Morgan fingerprint density at radius 3 is 2.46 bits per heavy atom. The molecule has 0 radical (unpaired) electrons. The van der Waals surface area contributed by atoms with Gasteiger partial charge in [0.05, 0.1) is 17.7 Å². The van der Waals surface area contributed by atoms with Crippen molar-refractivity contribution in [1.82, 2.24) is 9.88 Å². The van der Waals surface area contributed by atoms with Crippen molar-refractivity contribution >= 4 is 40.2 Å². The van der Waals surface area contributed by atoms with Crippen LogP contribution in [0.2, 0.25) is 0 Å². The third-order valence-corrected chi connectivity index (χ3v) is 4.43. The molecule has 1 aliphatic rings. The summed E-state index contributed by atoms with van der Waals surface area (Å²) in [5.74, 6) is -1.78. The van der Waals surface area contributed by atoms with Crippen LogP contribution in [-0.2, 0) is 9.53 Å². The van der Waals surface area contributed by atoms with Crippen LogP contribution in [0, 0.1) is 0 Å². The van der Waals surface area contributed by atoms with Gasteiger partial charge in [0.15, 0.2) is 10.8 Å². The van der Waals surface area contributed by atoms with E-state index in [-0.39, 0.29) is 30.4 Å². The highest BCUT2D eigenvalue weighted by atomic mass is 32.1. The number of fused-ring (bicyclic) bond motifs is 1. The fourth-order valence-electron chi connectivity index (χ4n) is 2.47. The predicted molar refractivity (Wildman–Crippen MR) is 93.1 cm³/mol. The zero-order valence-corrected chi connectivity index (χ0v) is 14.7. The van der Waals surface area contributed by atoms with E-state index in [1.54, 1.807) is 31.2 Å². The Balaban J connectivity index is 1.56. The third-order valence-electron chi connectivity index (χ3n) is 3.68. The Hall–Kier alpha value is -3.07. The molecule has 8 nitrogen and oxygen atoms in total. The maximum atomic E-state index is 12.2. The lowest BCUT2D eigenvalue weighted by atomic mass is 10.1. The van der Waals surface area contributed by atoms with Crippen molar-refractivity contribution < 1.29 is 23.9 Å². The van der Waals surface area contributed by atoms with Crippen molar-refractivity contribution in [2.24, 2.45) is 0 Å². The highest BCUT2D eigenvalue weighted by Gasteiger charge is 2.34. The number of carbonyl (C=O) groups is 4. The molecule has 1 aromatic carbocycles. The molecule has 3 rings (SSSR count). The van der Waals surface area contributed by atoms with Gasteiger partial charge in [0, 0.05) is 18.3 Å². The van der Waals surface area contributed by atoms with Gasteiger partial charge in [-0.15, -0.1) is 11.3 Å². The SMILES string of the molecule is CCOC(=O)c1csc(NC(=O)CCN2C(=O)c3ccccc3C2=O)n1. The monoisotopic (exact) mass is 373 g/mol. The summed E-state index contributed by atoms with van der Waals surface area (Å²) in [4.78, 5) is 53.1. The summed E-state index contributed by atoms with van der Waals surface area (Å²) in [6.07, 6.45) is -0.0697. The van der Waals surface area contributed by atoms with E-state index in [0.29, 0.717) is 11.1 Å². The number of aromatic nitrogens is 1. The number of rotatable bonds is 6. The Morgan fingerprint density at radius 2 is 1.85 bits per heavy atom. The van der Waals surface area contributed by atoms with E-state index < -0.39 is 23.7 Å². The lowest BCUT2D eigenvalue weighted by Gasteiger charge is -2.12. The lowest BCUT2D eigenvalue weighted by molar-refractivity contribution is -0.116. The van der Waals surface area contributed by atoms with Crippen molar-refractivity contribution in [1.29, 1.82) is 0 Å². The standard InChI is InChI=1S/C17H15N3O5S/c1-2-25-16(24)12-9-26-17(18-12)19-13(21)7-8-20-14(22)10-5-3-4-6-11(10)15(20)23/h3-6,9H,2,7-8H2,1H3,(H,18,19,21). The summed E-state index contributed by atoms with van der Waals surface area (Å²) >= 11 is 1.09. The molecule has 0 bridgehead atoms. The van der Waals surface area contributed by atoms with Gasteiger partial charge in [-0.3, -0.25) is 19.3 Å². The van der Waals surface area contributed by atoms with Crippen LogP contribution >= 0.6 is 11.3 Å². The number of amides is 3. The lowest BCUT2D eigenvalue weighted by Crippen LogP contribution is -2.32. The van der Waals surface area contributed by atoms with Gasteiger partial charge in [-0.05, 0) is 19.1 Å². The van der Waals surface area contributed by atoms with Crippen LogP contribution in [0.15, 0.2) is 29.6 Å². The second kappa shape index (κ2) is 7.44. The largest absolute Gasteiger partial charge is 0.461 e. The van der Waals surface area contributed by atoms with Gasteiger partial charge in [-0.2, -0.15) is 0 Å². The summed E-state index contributed by atoms with van der Waals surface area (Å²) in [6.45, 7) is 1.89. The summed E-state index contributed by atoms with van der Waals surface area (Å²) in [5.41, 5.74) is 0.807. The van der Waals surface area contributed by atoms with Crippen LogP contribution in [-0.4, -0.2) is 46.7 Å². The number of nitrogens with zero attached hydrogens (tertiary/aromatic N) is 2. The van der Waals surface area contributed by atoms with Crippen molar-refractivity contribution in [3.63, 3.8) is 0 Å². The molecule has 2 aromatic rings. The fraction of sp³-hybridized carbons (Fsp3) is 0.235. The highest BCUT2D eigenvalue weighted by Crippen LogP contribution is 2.22. The predicted octanol–water partition coefficient (Wildman–Crippen LogP) is 1.94. The second-order valence-electron chi connectivity index (χ2n) is 5.36. The molecule has 1 aromatic heterocycles. The molecule has 0 saturated carbocycles. The van der Waals surface area contributed by atoms with E-state index in [2.05, 4.69) is 10.3 Å². The van der Waals surface area contributed by atoms with Gasteiger partial charge >= 0.3 is 5.97 Å². The van der Waals surface area contributed by atoms with Gasteiger partial charge in [0.2, 0.25) is 5.91 Å². The smallest absolute Gasteiger partial charge is 0.357 e. The molecule has 0 spiro atoms. The Kier molecular flexibility index (Phi) is 5.08. The summed E-state index contributed by atoms with van der Waals surface area (Å²) < 4.78 is 4.83. The molecule has 9 heteroatoms. The molecule has 0 aliphatic carbocycles. The zero-order chi connectivity index (χ0) is 18.7. The second-order valence-corrected chi connectivity index (χ2v) is 6.22. The minimum absolute atomic E-state index is 0.0334. The number of anilines is 1. The van der Waals surface area contributed by atoms with E-state index in [9.17, 15) is 19.2 Å². The number of ether oxygens (including phenoxy) is 1. The molecular formula is C17H15N3O5S. The number of benzene rings is 1. The van der Waals surface area contributed by atoms with Gasteiger partial charge in [-0.25, -0.2) is 9.78 Å². The van der Waals surface area contributed by atoms with Gasteiger partial charge in [0.1, 0.15) is 0 Å². The van der Waals surface area contributed by atoms with E-state index in [0.717, 1.165) is 16.2 Å². The van der Waals surface area contributed by atoms with Crippen LogP contribution in [0.4, 0.5) is 5.13 Å². The number of nitrogens with one attached hydrogen (secondary N) is 1. The molecule has 0 fully saturated rings. The summed E-state index contributed by atoms with van der Waals surface area (Å²) in [5, 5.41) is 4.28. The van der Waals surface area contributed by atoms with E-state index in [1.165, 1.54) is 5.38 Å². The molecule has 0 saturated heterocycles. The molecular weight excluding hydrogens is 358 g/mol. The molecule has 0 atom stereocenters. The molecule has 26 heavy (non-hydrogen) atoms. The van der Waals surface area contributed by atoms with Crippen molar-refractivity contribution in [2.75, 3.05) is 18.5 Å². The van der Waals surface area contributed by atoms with Crippen LogP contribution in [0.1, 0.15) is 44.5 Å². The van der Waals surface area contributed by atoms with Crippen LogP contribution in [0.25, 0.3) is 0 Å². The average Bonchev–Trinajstić information content (AvgIpc) is 3.18. The number of esters is 1. The number of imide groups is 1. The summed E-state index contributed by atoms with van der Waals surface area (Å²) in [7, 11) is 0. The Bertz CT molecular complexity index is 857. The molecule has 3 amide bonds. The van der Waals surface area contributed by atoms with Crippen molar-refractivity contribution in [2.45, 2.75) is 13.3 Å². The maximum absolute atomic E-state index is 12.2. The molecule has 134 valence electrons. The van der Waals surface area contributed by atoms with E-state index in [4.69, 9.17) is 4.74 Å². The Labute approximate surface area is 152 Å². The van der Waals surface area contributed by atoms with Crippen molar-refractivity contribution in [3.05, 3.63) is 46.5 Å². The first-order valence-electron chi connectivity index (χ1n) is 7.89. The van der Waals surface area contributed by atoms with Crippen LogP contribution < -0.4 is 5.32 Å². The fourth-order valence-corrected chi connectivity index (χ4v) is 3.16. The zero-order valence-electron chi connectivity index (χ0n) is 13.9. The average molecular weight is 373 g/mol. The quantitative estimate of drug-likeness (QED) is 0.613. The maximum Gasteiger partial charge on any atom is 0.357 e. The topological polar surface area (TPSA) is 106 Å². The number of thiazole rings is 1. The van der Waals surface area contributed by atoms with Gasteiger partial charge in [0.25, 0.3) is 11.8 Å². The minimum Gasteiger partial charge on any atom is -0.461 e. The molecule has 0 unspecified atom stereocenters. The summed E-state index contributed by atoms with van der Waals surface area (Å²) in [6, 6.07) is 6.54. The molecule has 1 aliphatic heterocycles. The normalized spacial score (nSPS) is 12.9. The van der Waals surface area contributed by atoms with E-state index >= 15 is 0 Å². The van der Waals surface area contributed by atoms with Crippen LogP contribution in [0.3, 0.4) is 0 Å². The minimum atomic E-state index is -0.560. The first-order valence-corrected chi connectivity index (χ1v) is 8.77. The Morgan fingerprint density at radius 1 is 1.19 bits per heavy atom. The van der Waals surface area contributed by atoms with Gasteiger partial charge < -0.3 is 10.1 Å². The highest BCUT2D eigenvalue weighted by molar-refractivity contribution is 7.14. The van der Waals surface area contributed by atoms with Crippen molar-refractivity contribution in [3.8, 4) is 0 Å².